The fourth-order valence-electron chi connectivity index (χ4n) is 0.808. The van der Waals surface area contributed by atoms with E-state index in [0.717, 1.165) is 0 Å². The third-order valence-corrected chi connectivity index (χ3v) is 1.46. The van der Waals surface area contributed by atoms with E-state index in [1.807, 2.05) is 10.6 Å². The smallest absolute Gasteiger partial charge is 0.450 e. The van der Waals surface area contributed by atoms with Gasteiger partial charge in [0.05, 0.1) is 13.2 Å². The first-order chi connectivity index (χ1) is 12.1. The molecule has 4 N–H and O–H groups in total. The lowest BCUT2D eigenvalue weighted by atomic mass is 10.8. The number of hydrogen-bond acceptors (Lipinski definition) is 7. The molecule has 0 radical (unpaired) electrons. The van der Waals surface area contributed by atoms with Crippen molar-refractivity contribution in [1.29, 1.82) is 0 Å². The monoisotopic (exact) mass is 378 g/mol. The number of imide groups is 2. The highest BCUT2D eigenvalue weighted by molar-refractivity contribution is 5.94. The Kier molecular flexibility index (Phi) is 20.5. The van der Waals surface area contributed by atoms with E-state index >= 15 is 0 Å². The Hall–Kier alpha value is -3.51. The van der Waals surface area contributed by atoms with Crippen LogP contribution in [-0.2, 0) is 9.47 Å². The molecule has 0 bridgehead atoms. The van der Waals surface area contributed by atoms with Crippen LogP contribution >= 0.6 is 0 Å². The molecule has 0 aromatic rings. The summed E-state index contributed by atoms with van der Waals surface area (Å²) in [5.74, 6) is 0. The molecule has 0 heterocycles. The third kappa shape index (κ3) is 28.6. The van der Waals surface area contributed by atoms with Crippen LogP contribution in [0, 0.1) is 0 Å². The molecular weight excluding hydrogens is 356 g/mol. The lowest BCUT2D eigenvalue weighted by Gasteiger charge is -1.98. The number of carbonyl (C=O) groups excluding carboxylic acids is 4. The van der Waals surface area contributed by atoms with Crippen LogP contribution in [0.3, 0.4) is 0 Å². The molecular formula is C13H22N4O9. The van der Waals surface area contributed by atoms with Crippen molar-refractivity contribution in [2.45, 2.75) is 27.7 Å². The average Bonchev–Trinajstić information content (AvgIpc) is 2.47. The van der Waals surface area contributed by atoms with Gasteiger partial charge in [-0.2, -0.15) is 0 Å². The number of carbonyl (C=O) groups is 5. The number of aliphatic imine (C=N–C) groups is 2. The van der Waals surface area contributed by atoms with E-state index < -0.39 is 30.4 Å². The minimum atomic E-state index is -1.83. The number of nitrogens with zero attached hydrogens (tertiary/aromatic N) is 2. The van der Waals surface area contributed by atoms with E-state index in [2.05, 4.69) is 19.5 Å². The van der Waals surface area contributed by atoms with Crippen LogP contribution in [0.1, 0.15) is 27.7 Å². The Labute approximate surface area is 149 Å². The zero-order valence-electron chi connectivity index (χ0n) is 14.7. The van der Waals surface area contributed by atoms with Crippen molar-refractivity contribution in [2.75, 3.05) is 13.2 Å². The number of hydrogen-bond donors (Lipinski definition) is 4. The predicted octanol–water partition coefficient (Wildman–Crippen LogP) is 2.11. The summed E-state index contributed by atoms with van der Waals surface area (Å²) in [6.07, 6.45) is -0.811. The van der Waals surface area contributed by atoms with Gasteiger partial charge in [-0.25, -0.2) is 44.6 Å². The Balaban J connectivity index is -0.000000338. The topological polar surface area (TPSA) is 193 Å². The van der Waals surface area contributed by atoms with Gasteiger partial charge in [-0.15, -0.1) is 0 Å². The van der Waals surface area contributed by atoms with Crippen LogP contribution in [0.5, 0.6) is 0 Å². The summed E-state index contributed by atoms with van der Waals surface area (Å²) in [6, 6.07) is -1.43. The number of amides is 6. The van der Waals surface area contributed by atoms with Gasteiger partial charge in [0.15, 0.2) is 0 Å². The average molecular weight is 378 g/mol. The maximum absolute atomic E-state index is 10.5. The van der Waals surface area contributed by atoms with Gasteiger partial charge in [0, 0.05) is 12.4 Å². The summed E-state index contributed by atoms with van der Waals surface area (Å²) in [6.45, 7) is 6.90. The minimum Gasteiger partial charge on any atom is -0.450 e. The van der Waals surface area contributed by atoms with E-state index in [1.54, 1.807) is 27.7 Å². The van der Waals surface area contributed by atoms with Crippen LogP contribution < -0.4 is 10.6 Å². The molecule has 0 aromatic carbocycles. The molecule has 0 fully saturated rings. The van der Waals surface area contributed by atoms with Crippen LogP contribution in [0.25, 0.3) is 0 Å². The van der Waals surface area contributed by atoms with Gasteiger partial charge in [-0.05, 0) is 27.7 Å². The van der Waals surface area contributed by atoms with Gasteiger partial charge in [0.2, 0.25) is 0 Å². The highest BCUT2D eigenvalue weighted by Crippen LogP contribution is 1.79. The molecule has 0 rings (SSSR count). The molecule has 0 saturated carbocycles. The SMILES string of the molecule is CC=NC(=O)NC(=O)OCC.CC=NC(=O)NC(=O)OCC.O=C(O)O. The van der Waals surface area contributed by atoms with E-state index in [1.165, 1.54) is 12.4 Å². The zero-order chi connectivity index (χ0) is 21.0. The van der Waals surface area contributed by atoms with Gasteiger partial charge in [0.1, 0.15) is 0 Å². The molecule has 6 amide bonds. The number of carboxylic acid groups (broad SMARTS) is 2. The lowest BCUT2D eigenvalue weighted by molar-refractivity contribution is 0.136. The summed E-state index contributed by atoms with van der Waals surface area (Å²) in [5.41, 5.74) is 0. The van der Waals surface area contributed by atoms with Crippen LogP contribution in [0.4, 0.5) is 24.0 Å². The summed E-state index contributed by atoms with van der Waals surface area (Å²) >= 11 is 0. The second kappa shape index (κ2) is 19.5. The Bertz CT molecular complexity index is 474. The van der Waals surface area contributed by atoms with E-state index in [9.17, 15) is 19.2 Å². The summed E-state index contributed by atoms with van der Waals surface area (Å²) in [4.78, 5) is 57.1. The highest BCUT2D eigenvalue weighted by Gasteiger charge is 2.04. The first-order valence-corrected chi connectivity index (χ1v) is 6.99. The zero-order valence-corrected chi connectivity index (χ0v) is 14.7. The van der Waals surface area contributed by atoms with E-state index in [-0.39, 0.29) is 13.2 Å². The first-order valence-electron chi connectivity index (χ1n) is 6.99. The van der Waals surface area contributed by atoms with Gasteiger partial charge in [0.25, 0.3) is 0 Å². The van der Waals surface area contributed by atoms with Crippen molar-refractivity contribution in [3.8, 4) is 0 Å². The van der Waals surface area contributed by atoms with Crippen molar-refractivity contribution in [1.82, 2.24) is 10.6 Å². The minimum absolute atomic E-state index is 0.231. The Morgan fingerprint density at radius 3 is 1.27 bits per heavy atom. The van der Waals surface area contributed by atoms with Gasteiger partial charge in [-0.1, -0.05) is 0 Å². The number of urea groups is 2. The van der Waals surface area contributed by atoms with Crippen molar-refractivity contribution in [3.63, 3.8) is 0 Å². The van der Waals surface area contributed by atoms with Gasteiger partial charge in [-0.3, -0.25) is 0 Å². The molecule has 13 heteroatoms. The fraction of sp³-hybridized carbons (Fsp3) is 0.462. The Morgan fingerprint density at radius 2 is 1.08 bits per heavy atom. The molecule has 148 valence electrons. The molecule has 0 aliphatic rings. The van der Waals surface area contributed by atoms with Crippen LogP contribution in [-0.4, -0.2) is 66.3 Å². The standard InChI is InChI=1S/2C6H10N2O3.CH2O3/c2*1-3-7-5(9)8-6(10)11-4-2;2-1(3)4/h2*3H,4H2,1-2H3,(H,8,9,10);(H2,2,3,4). The highest BCUT2D eigenvalue weighted by atomic mass is 16.6. The van der Waals surface area contributed by atoms with Crippen LogP contribution in [0.2, 0.25) is 0 Å². The van der Waals surface area contributed by atoms with Crippen molar-refractivity contribution >= 4 is 42.8 Å². The number of alkyl carbamates (subject to hydrolysis) is 2. The molecule has 0 spiro atoms. The molecule has 0 atom stereocenters. The summed E-state index contributed by atoms with van der Waals surface area (Å²) in [7, 11) is 0. The third-order valence-electron chi connectivity index (χ3n) is 1.46. The summed E-state index contributed by atoms with van der Waals surface area (Å²) < 4.78 is 8.83. The normalized spacial score (nSPS) is 9.08. The molecule has 13 nitrogen and oxygen atoms in total. The van der Waals surface area contributed by atoms with Gasteiger partial charge < -0.3 is 19.7 Å². The number of ether oxygens (including phenoxy) is 2. The van der Waals surface area contributed by atoms with E-state index in [0.29, 0.717) is 0 Å². The predicted molar refractivity (Wildman–Crippen MR) is 90.1 cm³/mol. The second-order valence-corrected chi connectivity index (χ2v) is 3.36. The molecule has 0 saturated heterocycles. The van der Waals surface area contributed by atoms with Crippen molar-refractivity contribution in [3.05, 3.63) is 0 Å². The molecule has 26 heavy (non-hydrogen) atoms. The second-order valence-electron chi connectivity index (χ2n) is 3.36. The van der Waals surface area contributed by atoms with Crippen molar-refractivity contribution < 1.29 is 43.7 Å². The quantitative estimate of drug-likeness (QED) is 0.520. The number of rotatable bonds is 2. The maximum atomic E-state index is 10.5. The summed E-state index contributed by atoms with van der Waals surface area (Å²) in [5, 5.41) is 17.7. The molecule has 0 aliphatic carbocycles. The van der Waals surface area contributed by atoms with Crippen molar-refractivity contribution in [2.24, 2.45) is 9.98 Å². The maximum Gasteiger partial charge on any atom is 0.503 e. The molecule has 0 aliphatic heterocycles. The van der Waals surface area contributed by atoms with Crippen LogP contribution in [0.15, 0.2) is 9.98 Å². The van der Waals surface area contributed by atoms with Gasteiger partial charge >= 0.3 is 30.4 Å². The molecule has 0 unspecified atom stereocenters. The molecule has 0 aromatic heterocycles. The fourth-order valence-corrected chi connectivity index (χ4v) is 0.808. The van der Waals surface area contributed by atoms with E-state index in [4.69, 9.17) is 15.0 Å². The largest absolute Gasteiger partial charge is 0.503 e. The Morgan fingerprint density at radius 1 is 0.808 bits per heavy atom. The lowest BCUT2D eigenvalue weighted by Crippen LogP contribution is -2.28. The number of nitrogens with one attached hydrogen (secondary N) is 2. The first kappa shape index (κ1) is 27.3.